The first kappa shape index (κ1) is 20.3. The van der Waals surface area contributed by atoms with Crippen LogP contribution in [-0.2, 0) is 16.0 Å². The Hall–Kier alpha value is -2.45. The van der Waals surface area contributed by atoms with Crippen molar-refractivity contribution in [3.8, 4) is 6.07 Å². The van der Waals surface area contributed by atoms with Crippen LogP contribution in [0.1, 0.15) is 17.9 Å². The van der Waals surface area contributed by atoms with E-state index in [-0.39, 0.29) is 35.2 Å². The van der Waals surface area contributed by atoms with Crippen LogP contribution >= 0.6 is 11.6 Å². The summed E-state index contributed by atoms with van der Waals surface area (Å²) in [5, 5.41) is 7.62. The van der Waals surface area contributed by atoms with Crippen molar-refractivity contribution in [2.45, 2.75) is 22.7 Å². The normalized spacial score (nSPS) is 17.6. The second-order valence-corrected chi connectivity index (χ2v) is 8.62. The number of anilines is 1. The average Bonchev–Trinajstić information content (AvgIpc) is 3.11. The molecule has 3 rings (SSSR count). The molecule has 0 spiro atoms. The molecule has 1 fully saturated rings. The maximum absolute atomic E-state index is 13.2. The Kier molecular flexibility index (Phi) is 5.20. The predicted octanol–water partition coefficient (Wildman–Crippen LogP) is 3.21. The van der Waals surface area contributed by atoms with Crippen LogP contribution in [0.4, 0.5) is 23.4 Å². The molecule has 0 amide bonds. The van der Waals surface area contributed by atoms with Gasteiger partial charge in [-0.3, -0.25) is 0 Å². The number of benzene rings is 1. The van der Waals surface area contributed by atoms with E-state index in [1.54, 1.807) is 0 Å². The van der Waals surface area contributed by atoms with E-state index in [2.05, 4.69) is 9.97 Å². The summed E-state index contributed by atoms with van der Waals surface area (Å²) in [6.07, 6.45) is -4.68. The molecule has 1 atom stereocenters. The molecule has 1 saturated heterocycles. The summed E-state index contributed by atoms with van der Waals surface area (Å²) in [6, 6.07) is 5.02. The van der Waals surface area contributed by atoms with E-state index in [0.29, 0.717) is 6.07 Å². The minimum absolute atomic E-state index is 0.0991. The summed E-state index contributed by atoms with van der Waals surface area (Å²) < 4.78 is 77.7. The highest BCUT2D eigenvalue weighted by Crippen LogP contribution is 2.33. The largest absolute Gasteiger partial charge is 0.433 e. The fourth-order valence-electron chi connectivity index (χ4n) is 2.87. The highest BCUT2D eigenvalue weighted by Gasteiger charge is 2.38. The van der Waals surface area contributed by atoms with Crippen molar-refractivity contribution < 1.29 is 26.0 Å². The smallest absolute Gasteiger partial charge is 0.355 e. The van der Waals surface area contributed by atoms with Gasteiger partial charge in [-0.05, 0) is 24.6 Å². The zero-order valence-electron chi connectivity index (χ0n) is 13.9. The van der Waals surface area contributed by atoms with Gasteiger partial charge in [0.15, 0.2) is 15.5 Å². The van der Waals surface area contributed by atoms with Gasteiger partial charge in [0.25, 0.3) is 0 Å². The predicted molar refractivity (Wildman–Crippen MR) is 91.0 cm³/mol. The van der Waals surface area contributed by atoms with E-state index in [4.69, 9.17) is 16.9 Å². The Balaban J connectivity index is 1.91. The van der Waals surface area contributed by atoms with Crippen LogP contribution in [0.2, 0.25) is 5.02 Å². The van der Waals surface area contributed by atoms with Crippen molar-refractivity contribution in [1.29, 1.82) is 5.26 Å². The first-order chi connectivity index (χ1) is 13.0. The van der Waals surface area contributed by atoms with Crippen LogP contribution in [0.5, 0.6) is 0 Å². The Morgan fingerprint density at radius 2 is 1.96 bits per heavy atom. The second kappa shape index (κ2) is 7.18. The van der Waals surface area contributed by atoms with Gasteiger partial charge in [0.2, 0.25) is 5.82 Å². The molecule has 148 valence electrons. The summed E-state index contributed by atoms with van der Waals surface area (Å²) in [4.78, 5) is 7.96. The van der Waals surface area contributed by atoms with E-state index in [1.807, 2.05) is 0 Å². The third-order valence-electron chi connectivity index (χ3n) is 4.21. The lowest BCUT2D eigenvalue weighted by Crippen LogP contribution is -2.28. The van der Waals surface area contributed by atoms with Crippen molar-refractivity contribution in [2.75, 3.05) is 18.0 Å². The molecule has 12 heteroatoms. The molecule has 0 N–H and O–H groups in total. The van der Waals surface area contributed by atoms with E-state index < -0.39 is 38.6 Å². The highest BCUT2D eigenvalue weighted by molar-refractivity contribution is 7.92. The molecule has 2 aromatic rings. The molecular formula is C16H11ClF4N4O2S. The molecule has 1 aromatic carbocycles. The molecule has 1 aliphatic heterocycles. The van der Waals surface area contributed by atoms with Gasteiger partial charge in [0.1, 0.15) is 17.7 Å². The summed E-state index contributed by atoms with van der Waals surface area (Å²) in [6.45, 7) is -0.0584. The van der Waals surface area contributed by atoms with Gasteiger partial charge in [-0.2, -0.15) is 18.4 Å². The van der Waals surface area contributed by atoms with Gasteiger partial charge in [-0.25, -0.2) is 22.8 Å². The topological polar surface area (TPSA) is 87.0 Å². The first-order valence-corrected chi connectivity index (χ1v) is 9.75. The number of aromatic nitrogens is 2. The van der Waals surface area contributed by atoms with Crippen molar-refractivity contribution in [3.05, 3.63) is 46.6 Å². The maximum atomic E-state index is 13.2. The zero-order chi connectivity index (χ0) is 20.7. The van der Waals surface area contributed by atoms with E-state index >= 15 is 0 Å². The second-order valence-electron chi connectivity index (χ2n) is 6.02. The summed E-state index contributed by atoms with van der Waals surface area (Å²) in [7, 11) is -3.95. The molecule has 0 saturated carbocycles. The van der Waals surface area contributed by atoms with Crippen LogP contribution in [0.3, 0.4) is 0 Å². The summed E-state index contributed by atoms with van der Waals surface area (Å²) in [5.74, 6) is -1.55. The van der Waals surface area contributed by atoms with Crippen LogP contribution in [0.25, 0.3) is 0 Å². The van der Waals surface area contributed by atoms with Crippen molar-refractivity contribution in [3.63, 3.8) is 0 Å². The van der Waals surface area contributed by atoms with Gasteiger partial charge in [-0.1, -0.05) is 11.6 Å². The number of nitrogens with zero attached hydrogens (tertiary/aromatic N) is 4. The van der Waals surface area contributed by atoms with Crippen molar-refractivity contribution in [2.24, 2.45) is 0 Å². The highest BCUT2D eigenvalue weighted by atomic mass is 35.5. The fraction of sp³-hybridized carbons (Fsp3) is 0.312. The number of halogens is 5. The number of hydrogen-bond acceptors (Lipinski definition) is 6. The number of rotatable bonds is 3. The maximum Gasteiger partial charge on any atom is 0.433 e. The third-order valence-corrected chi connectivity index (χ3v) is 6.87. The lowest BCUT2D eigenvalue weighted by Gasteiger charge is -2.19. The zero-order valence-corrected chi connectivity index (χ0v) is 15.5. The van der Waals surface area contributed by atoms with Gasteiger partial charge in [0.05, 0.1) is 15.2 Å². The average molecular weight is 435 g/mol. The molecule has 6 nitrogen and oxygen atoms in total. The van der Waals surface area contributed by atoms with Crippen LogP contribution in [0.15, 0.2) is 29.2 Å². The van der Waals surface area contributed by atoms with Crippen LogP contribution < -0.4 is 4.90 Å². The molecule has 0 aliphatic carbocycles. The van der Waals surface area contributed by atoms with Gasteiger partial charge < -0.3 is 4.90 Å². The van der Waals surface area contributed by atoms with E-state index in [0.717, 1.165) is 18.2 Å². The molecule has 0 unspecified atom stereocenters. The van der Waals surface area contributed by atoms with Gasteiger partial charge >= 0.3 is 6.18 Å². The summed E-state index contributed by atoms with van der Waals surface area (Å²) >= 11 is 5.84. The lowest BCUT2D eigenvalue weighted by molar-refractivity contribution is -0.141. The van der Waals surface area contributed by atoms with Crippen molar-refractivity contribution in [1.82, 2.24) is 9.97 Å². The quantitative estimate of drug-likeness (QED) is 0.544. The van der Waals surface area contributed by atoms with Crippen LogP contribution in [0, 0.1) is 17.1 Å². The number of nitriles is 1. The summed E-state index contributed by atoms with van der Waals surface area (Å²) in [5.41, 5.74) is -1.29. The lowest BCUT2D eigenvalue weighted by atomic mass is 10.3. The standard InChI is InChI=1S/C16H11ClF4N4O2S/c17-11-5-9(18)1-2-12(11)28(26,27)10-3-4-25(8-10)15-6-13(16(19,20)21)23-14(7-22)24-15/h1-2,5-6,10H,3-4,8H2/t10-/m0/s1. The van der Waals surface area contributed by atoms with Crippen molar-refractivity contribution >= 4 is 27.3 Å². The fourth-order valence-corrected chi connectivity index (χ4v) is 5.10. The number of hydrogen-bond donors (Lipinski definition) is 0. The molecule has 1 aliphatic rings. The van der Waals surface area contributed by atoms with E-state index in [1.165, 1.54) is 11.0 Å². The number of alkyl halides is 3. The first-order valence-electron chi connectivity index (χ1n) is 7.82. The molecule has 2 heterocycles. The van der Waals surface area contributed by atoms with Crippen LogP contribution in [-0.4, -0.2) is 36.7 Å². The molecule has 1 aromatic heterocycles. The minimum atomic E-state index is -4.78. The Labute approximate surface area is 162 Å². The van der Waals surface area contributed by atoms with Gasteiger partial charge in [-0.15, -0.1) is 0 Å². The molecule has 28 heavy (non-hydrogen) atoms. The van der Waals surface area contributed by atoms with E-state index in [9.17, 15) is 26.0 Å². The van der Waals surface area contributed by atoms with Gasteiger partial charge in [0, 0.05) is 19.2 Å². The molecule has 0 radical (unpaired) electrons. The Morgan fingerprint density at radius 3 is 2.57 bits per heavy atom. The minimum Gasteiger partial charge on any atom is -0.355 e. The monoisotopic (exact) mass is 434 g/mol. The molecule has 0 bridgehead atoms. The molecular weight excluding hydrogens is 424 g/mol. The Morgan fingerprint density at radius 1 is 1.25 bits per heavy atom. The third kappa shape index (κ3) is 3.88. The Bertz CT molecular complexity index is 1070. The number of sulfone groups is 1. The SMILES string of the molecule is N#Cc1nc(N2CC[C@H](S(=O)(=O)c3ccc(F)cc3Cl)C2)cc(C(F)(F)F)n1.